The van der Waals surface area contributed by atoms with Gasteiger partial charge in [0.15, 0.2) is 11.5 Å². The lowest BCUT2D eigenvalue weighted by molar-refractivity contribution is -0.117. The molecule has 0 aliphatic carbocycles. The standard InChI is InChI=1S/C20H19N3O4/c1-25-17-5-2-14(3-6-17)11-23-20(24)16(9-21)12-22-10-15-4-7-18-19(8-15)27-13-26-18/h2-8,12,22H,10-11,13H2,1H3,(H,23,24)/b16-12-. The molecule has 7 nitrogen and oxygen atoms in total. The van der Waals surface area contributed by atoms with Gasteiger partial charge in [0.25, 0.3) is 5.91 Å². The summed E-state index contributed by atoms with van der Waals surface area (Å²) in [6.45, 7) is 0.997. The molecule has 7 heteroatoms. The van der Waals surface area contributed by atoms with Gasteiger partial charge in [-0.2, -0.15) is 5.26 Å². The SMILES string of the molecule is COc1ccc(CNC(=O)/C(C#N)=C\NCc2ccc3c(c2)OCO3)cc1. The molecule has 0 bridgehead atoms. The van der Waals surface area contributed by atoms with Crippen molar-refractivity contribution in [3.8, 4) is 23.3 Å². The van der Waals surface area contributed by atoms with E-state index in [2.05, 4.69) is 10.6 Å². The van der Waals surface area contributed by atoms with E-state index in [0.717, 1.165) is 16.9 Å². The number of methoxy groups -OCH3 is 1. The molecule has 1 aliphatic heterocycles. The number of benzene rings is 2. The number of nitriles is 1. The largest absolute Gasteiger partial charge is 0.497 e. The summed E-state index contributed by atoms with van der Waals surface area (Å²) in [6, 6.07) is 14.8. The van der Waals surface area contributed by atoms with Gasteiger partial charge in [0.1, 0.15) is 17.4 Å². The second kappa shape index (κ2) is 8.63. The van der Waals surface area contributed by atoms with E-state index in [1.54, 1.807) is 7.11 Å². The predicted octanol–water partition coefficient (Wildman–Crippen LogP) is 2.24. The molecule has 0 unspecified atom stereocenters. The molecule has 2 aromatic rings. The van der Waals surface area contributed by atoms with Crippen LogP contribution in [0.25, 0.3) is 0 Å². The highest BCUT2D eigenvalue weighted by molar-refractivity contribution is 5.97. The van der Waals surface area contributed by atoms with Gasteiger partial charge in [-0.1, -0.05) is 18.2 Å². The molecule has 0 saturated carbocycles. The molecule has 0 fully saturated rings. The van der Waals surface area contributed by atoms with Crippen LogP contribution in [0.3, 0.4) is 0 Å². The van der Waals surface area contributed by atoms with E-state index >= 15 is 0 Å². The fraction of sp³-hybridized carbons (Fsp3) is 0.200. The second-order valence-electron chi connectivity index (χ2n) is 5.77. The van der Waals surface area contributed by atoms with Gasteiger partial charge in [-0.15, -0.1) is 0 Å². The normalized spacial score (nSPS) is 12.2. The van der Waals surface area contributed by atoms with Gasteiger partial charge in [-0.3, -0.25) is 4.79 Å². The highest BCUT2D eigenvalue weighted by atomic mass is 16.7. The van der Waals surface area contributed by atoms with Gasteiger partial charge >= 0.3 is 0 Å². The third kappa shape index (κ3) is 4.70. The summed E-state index contributed by atoms with van der Waals surface area (Å²) >= 11 is 0. The van der Waals surface area contributed by atoms with Crippen molar-refractivity contribution in [1.82, 2.24) is 10.6 Å². The summed E-state index contributed by atoms with van der Waals surface area (Å²) in [5.41, 5.74) is 1.87. The number of ether oxygens (including phenoxy) is 3. The van der Waals surface area contributed by atoms with E-state index in [1.807, 2.05) is 48.5 Å². The minimum absolute atomic E-state index is 0.00394. The van der Waals surface area contributed by atoms with E-state index in [1.165, 1.54) is 6.20 Å². The summed E-state index contributed by atoms with van der Waals surface area (Å²) in [5, 5.41) is 14.9. The van der Waals surface area contributed by atoms with Crippen LogP contribution >= 0.6 is 0 Å². The molecule has 0 aromatic heterocycles. The van der Waals surface area contributed by atoms with Crippen molar-refractivity contribution in [2.75, 3.05) is 13.9 Å². The average Bonchev–Trinajstić information content (AvgIpc) is 3.17. The first-order valence-electron chi connectivity index (χ1n) is 8.33. The Bertz CT molecular complexity index is 885. The minimum Gasteiger partial charge on any atom is -0.497 e. The summed E-state index contributed by atoms with van der Waals surface area (Å²) in [4.78, 5) is 12.2. The molecule has 3 rings (SSSR count). The van der Waals surface area contributed by atoms with Gasteiger partial charge < -0.3 is 24.8 Å². The molecule has 0 spiro atoms. The summed E-state index contributed by atoms with van der Waals surface area (Å²) < 4.78 is 15.7. The van der Waals surface area contributed by atoms with Crippen LogP contribution in [0.5, 0.6) is 17.2 Å². The first-order valence-corrected chi connectivity index (χ1v) is 8.33. The smallest absolute Gasteiger partial charge is 0.263 e. The van der Waals surface area contributed by atoms with Crippen molar-refractivity contribution in [2.24, 2.45) is 0 Å². The van der Waals surface area contributed by atoms with E-state index in [9.17, 15) is 10.1 Å². The number of carbonyl (C=O) groups is 1. The van der Waals surface area contributed by atoms with E-state index < -0.39 is 5.91 Å². The zero-order valence-corrected chi connectivity index (χ0v) is 14.8. The highest BCUT2D eigenvalue weighted by Gasteiger charge is 2.13. The summed E-state index contributed by atoms with van der Waals surface area (Å²) in [7, 11) is 1.59. The van der Waals surface area contributed by atoms with Crippen molar-refractivity contribution < 1.29 is 19.0 Å². The lowest BCUT2D eigenvalue weighted by atomic mass is 10.2. The maximum atomic E-state index is 12.2. The lowest BCUT2D eigenvalue weighted by Crippen LogP contribution is -2.25. The van der Waals surface area contributed by atoms with E-state index in [-0.39, 0.29) is 12.4 Å². The molecule has 2 N–H and O–H groups in total. The fourth-order valence-corrected chi connectivity index (χ4v) is 2.49. The van der Waals surface area contributed by atoms with Gasteiger partial charge in [0, 0.05) is 19.3 Å². The molecule has 2 aromatic carbocycles. The molecule has 138 valence electrons. The first kappa shape index (κ1) is 18.1. The highest BCUT2D eigenvalue weighted by Crippen LogP contribution is 2.32. The predicted molar refractivity (Wildman–Crippen MR) is 97.9 cm³/mol. The van der Waals surface area contributed by atoms with Crippen molar-refractivity contribution in [3.05, 3.63) is 65.4 Å². The Kier molecular flexibility index (Phi) is 5.80. The Morgan fingerprint density at radius 1 is 1.15 bits per heavy atom. The van der Waals surface area contributed by atoms with Gasteiger partial charge in [0.2, 0.25) is 6.79 Å². The number of rotatable bonds is 7. The summed E-state index contributed by atoms with van der Waals surface area (Å²) in [6.07, 6.45) is 1.41. The van der Waals surface area contributed by atoms with E-state index in [4.69, 9.17) is 14.2 Å². The van der Waals surface area contributed by atoms with Crippen LogP contribution in [-0.4, -0.2) is 19.8 Å². The number of fused-ring (bicyclic) bond motifs is 1. The Morgan fingerprint density at radius 3 is 2.63 bits per heavy atom. The average molecular weight is 365 g/mol. The van der Waals surface area contributed by atoms with Crippen LogP contribution in [0, 0.1) is 11.3 Å². The quantitative estimate of drug-likeness (QED) is 0.577. The molecular weight excluding hydrogens is 346 g/mol. The molecule has 1 amide bonds. The Balaban J connectivity index is 1.52. The molecule has 1 heterocycles. The Labute approximate surface area is 157 Å². The molecule has 0 saturated heterocycles. The van der Waals surface area contributed by atoms with Gasteiger partial charge in [0.05, 0.1) is 7.11 Å². The van der Waals surface area contributed by atoms with Crippen molar-refractivity contribution in [2.45, 2.75) is 13.1 Å². The zero-order chi connectivity index (χ0) is 19.1. The zero-order valence-electron chi connectivity index (χ0n) is 14.8. The number of carbonyl (C=O) groups excluding carboxylic acids is 1. The monoisotopic (exact) mass is 365 g/mol. The second-order valence-corrected chi connectivity index (χ2v) is 5.77. The molecule has 0 radical (unpaired) electrons. The maximum Gasteiger partial charge on any atom is 0.263 e. The van der Waals surface area contributed by atoms with Crippen LogP contribution in [0.15, 0.2) is 54.2 Å². The number of nitrogens with zero attached hydrogens (tertiary/aromatic N) is 1. The van der Waals surface area contributed by atoms with Gasteiger partial charge in [-0.05, 0) is 35.4 Å². The Hall–Kier alpha value is -3.66. The first-order chi connectivity index (χ1) is 13.2. The Morgan fingerprint density at radius 2 is 1.89 bits per heavy atom. The topological polar surface area (TPSA) is 92.6 Å². The molecular formula is C20H19N3O4. The van der Waals surface area contributed by atoms with Crippen molar-refractivity contribution in [1.29, 1.82) is 5.26 Å². The molecule has 27 heavy (non-hydrogen) atoms. The third-order valence-corrected chi connectivity index (χ3v) is 3.97. The number of nitrogens with one attached hydrogen (secondary N) is 2. The van der Waals surface area contributed by atoms with Crippen LogP contribution < -0.4 is 24.8 Å². The minimum atomic E-state index is -0.438. The number of hydrogen-bond donors (Lipinski definition) is 2. The molecule has 1 aliphatic rings. The molecule has 0 atom stereocenters. The van der Waals surface area contributed by atoms with Gasteiger partial charge in [-0.25, -0.2) is 0 Å². The third-order valence-electron chi connectivity index (χ3n) is 3.97. The number of hydrogen-bond acceptors (Lipinski definition) is 6. The van der Waals surface area contributed by atoms with Crippen molar-refractivity contribution in [3.63, 3.8) is 0 Å². The number of amides is 1. The fourth-order valence-electron chi connectivity index (χ4n) is 2.49. The van der Waals surface area contributed by atoms with E-state index in [0.29, 0.717) is 24.6 Å². The summed E-state index contributed by atoms with van der Waals surface area (Å²) in [5.74, 6) is 1.71. The van der Waals surface area contributed by atoms with Crippen molar-refractivity contribution >= 4 is 5.91 Å². The maximum absolute atomic E-state index is 12.2. The van der Waals surface area contributed by atoms with Crippen LogP contribution in [0.2, 0.25) is 0 Å². The van der Waals surface area contributed by atoms with Crippen LogP contribution in [0.1, 0.15) is 11.1 Å². The van der Waals surface area contributed by atoms with Crippen LogP contribution in [0.4, 0.5) is 0 Å². The lowest BCUT2D eigenvalue weighted by Gasteiger charge is -2.07. The van der Waals surface area contributed by atoms with Crippen LogP contribution in [-0.2, 0) is 17.9 Å².